The van der Waals surface area contributed by atoms with Crippen molar-refractivity contribution in [3.05, 3.63) is 275 Å². The standard InChI is InChI=1S/C62H42B2N6O2/c1-42-24-18-19-35-48(42)58-56-55(60(57(66-2)62-68-51-37-21-23-39-54(51)72-62)70(58)64(46-31-14-6-15-32-46)47-33-16-7-17-34-47)52(40-43-25-8-3-9-26-43)69(63(44-27-10-4-11-28-44)45-29-12-5-13-30-45)59(56)49(41-65)61-67-50-36-20-22-38-53(50)71-61/h3-39H,40H2,1H3/b59-49-,60-57+. The first kappa shape index (κ1) is 43.6. The van der Waals surface area contributed by atoms with Crippen LogP contribution in [0.2, 0.25) is 0 Å². The third-order valence-electron chi connectivity index (χ3n) is 13.5. The van der Waals surface area contributed by atoms with Crippen molar-refractivity contribution >= 4 is 79.8 Å². The van der Waals surface area contributed by atoms with Gasteiger partial charge in [-0.05, 0) is 42.3 Å². The van der Waals surface area contributed by atoms with Crippen molar-refractivity contribution in [2.24, 2.45) is 0 Å². The Labute approximate surface area is 416 Å². The molecule has 0 N–H and O–H groups in total. The van der Waals surface area contributed by atoms with E-state index in [0.717, 1.165) is 60.7 Å². The van der Waals surface area contributed by atoms with Gasteiger partial charge in [0.05, 0.1) is 11.9 Å². The molecule has 0 radical (unpaired) electrons. The van der Waals surface area contributed by atoms with Crippen LogP contribution in [0.1, 0.15) is 28.6 Å². The van der Waals surface area contributed by atoms with Gasteiger partial charge < -0.3 is 17.8 Å². The summed E-state index contributed by atoms with van der Waals surface area (Å²) in [6.45, 7) is 10.5. The number of nitrogens with zero attached hydrogens (tertiary/aromatic N) is 6. The molecule has 0 aliphatic carbocycles. The third kappa shape index (κ3) is 7.60. The van der Waals surface area contributed by atoms with Crippen LogP contribution in [0, 0.1) is 24.8 Å². The molecule has 0 saturated heterocycles. The van der Waals surface area contributed by atoms with Crippen LogP contribution in [0.3, 0.4) is 0 Å². The molecular formula is C62H42B2N6O2. The average Bonchev–Trinajstić information content (AvgIpc) is 4.22. The van der Waals surface area contributed by atoms with E-state index in [9.17, 15) is 11.8 Å². The highest BCUT2D eigenvalue weighted by atomic mass is 16.4. The molecule has 0 saturated carbocycles. The Morgan fingerprint density at radius 1 is 0.528 bits per heavy atom. The number of hydrogen-bond acceptors (Lipinski definition) is 5. The van der Waals surface area contributed by atoms with Gasteiger partial charge in [-0.3, -0.25) is 0 Å². The number of oxazole rings is 2. The molecule has 0 fully saturated rings. The lowest BCUT2D eigenvalue weighted by molar-refractivity contribution is 0.584. The fourth-order valence-corrected chi connectivity index (χ4v) is 10.4. The summed E-state index contributed by atoms with van der Waals surface area (Å²) in [4.78, 5) is 14.7. The number of nitriles is 1. The highest BCUT2D eigenvalue weighted by molar-refractivity contribution is 6.85. The molecule has 0 aliphatic heterocycles. The van der Waals surface area contributed by atoms with Gasteiger partial charge in [0.25, 0.3) is 5.70 Å². The van der Waals surface area contributed by atoms with Gasteiger partial charge in [-0.25, -0.2) is 14.8 Å². The maximum Gasteiger partial charge on any atom is 0.327 e. The van der Waals surface area contributed by atoms with Crippen LogP contribution < -0.4 is 32.5 Å². The average molecular weight is 925 g/mol. The number of aryl methyl sites for hydroxylation is 1. The van der Waals surface area contributed by atoms with Crippen molar-refractivity contribution in [1.82, 2.24) is 18.9 Å². The van der Waals surface area contributed by atoms with E-state index < -0.39 is 13.7 Å². The van der Waals surface area contributed by atoms with Gasteiger partial charge in [-0.2, -0.15) is 5.26 Å². The van der Waals surface area contributed by atoms with E-state index in [1.165, 1.54) is 0 Å². The quantitative estimate of drug-likeness (QED) is 0.0954. The first-order valence-corrected chi connectivity index (χ1v) is 23.9. The van der Waals surface area contributed by atoms with E-state index in [0.29, 0.717) is 39.3 Å². The first-order chi connectivity index (χ1) is 35.6. The highest BCUT2D eigenvalue weighted by Crippen LogP contribution is 2.35. The maximum absolute atomic E-state index is 12.0. The molecule has 8 nitrogen and oxygen atoms in total. The molecule has 8 aromatic carbocycles. The SMILES string of the molecule is [C-]#[N+]/C(c1nc2ccccc2o1)=c1\c2c(Cc3ccccc3)n(B(c3ccccc3)c3ccccc3)/c(=C(/C#N)c3nc4ccccc4o3)c2c(-c2ccccc2C)n1B(c1ccccc1)c1ccccc1. The molecule has 0 atom stereocenters. The molecule has 10 heteroatoms. The van der Waals surface area contributed by atoms with E-state index in [4.69, 9.17) is 18.8 Å². The minimum Gasteiger partial charge on any atom is -0.447 e. The molecule has 72 heavy (non-hydrogen) atoms. The number of benzene rings is 8. The van der Waals surface area contributed by atoms with Crippen LogP contribution in [-0.4, -0.2) is 32.6 Å². The van der Waals surface area contributed by atoms with Gasteiger partial charge in [0, 0.05) is 39.5 Å². The summed E-state index contributed by atoms with van der Waals surface area (Å²) < 4.78 is 18.0. The first-order valence-electron chi connectivity index (χ1n) is 23.9. The van der Waals surface area contributed by atoms with Crippen molar-refractivity contribution in [3.63, 3.8) is 0 Å². The number of para-hydroxylation sites is 4. The summed E-state index contributed by atoms with van der Waals surface area (Å²) in [5.41, 5.74) is 11.5. The molecule has 0 spiro atoms. The predicted molar refractivity (Wildman–Crippen MR) is 290 cm³/mol. The molecule has 0 amide bonds. The van der Waals surface area contributed by atoms with E-state index in [1.54, 1.807) is 0 Å². The summed E-state index contributed by atoms with van der Waals surface area (Å²) in [6.07, 6.45) is 0.407. The van der Waals surface area contributed by atoms with Crippen molar-refractivity contribution in [2.45, 2.75) is 13.3 Å². The molecular weight excluding hydrogens is 882 g/mol. The second-order valence-electron chi connectivity index (χ2n) is 17.8. The van der Waals surface area contributed by atoms with E-state index in [1.807, 2.05) is 84.9 Å². The fourth-order valence-electron chi connectivity index (χ4n) is 10.4. The second kappa shape index (κ2) is 18.7. The Hall–Kier alpha value is -9.63. The maximum atomic E-state index is 12.0. The molecule has 4 aromatic heterocycles. The zero-order chi connectivity index (χ0) is 48.5. The molecule has 0 unspecified atom stereocenters. The zero-order valence-corrected chi connectivity index (χ0v) is 39.2. The Bertz CT molecular complexity index is 3930. The van der Waals surface area contributed by atoms with Gasteiger partial charge >= 0.3 is 13.7 Å². The van der Waals surface area contributed by atoms with Crippen LogP contribution >= 0.6 is 0 Å². The van der Waals surface area contributed by atoms with Crippen LogP contribution in [0.25, 0.3) is 60.3 Å². The largest absolute Gasteiger partial charge is 0.447 e. The Kier molecular flexibility index (Phi) is 11.3. The van der Waals surface area contributed by atoms with Crippen LogP contribution in [0.5, 0.6) is 0 Å². The predicted octanol–water partition coefficient (Wildman–Crippen LogP) is 9.40. The lowest BCUT2D eigenvalue weighted by atomic mass is 9.50. The summed E-state index contributed by atoms with van der Waals surface area (Å²) in [6, 6.07) is 78.4. The van der Waals surface area contributed by atoms with Crippen molar-refractivity contribution in [1.29, 1.82) is 5.26 Å². The molecule has 12 aromatic rings. The normalized spacial score (nSPS) is 12.2. The molecule has 4 heterocycles. The van der Waals surface area contributed by atoms with E-state index in [-0.39, 0.29) is 23.1 Å². The molecule has 338 valence electrons. The molecule has 12 rings (SSSR count). The Balaban J connectivity index is 1.44. The third-order valence-corrected chi connectivity index (χ3v) is 13.5. The summed E-state index contributed by atoms with van der Waals surface area (Å²) in [5.74, 6) is 0.376. The van der Waals surface area contributed by atoms with E-state index >= 15 is 0 Å². The minimum atomic E-state index is -0.509. The number of hydrogen-bond donors (Lipinski definition) is 0. The summed E-state index contributed by atoms with van der Waals surface area (Å²) in [7, 11) is 0. The fraction of sp³-hybridized carbons (Fsp3) is 0.0323. The lowest BCUT2D eigenvalue weighted by Crippen LogP contribution is -2.54. The van der Waals surface area contributed by atoms with Gasteiger partial charge in [-0.1, -0.05) is 222 Å². The summed E-state index contributed by atoms with van der Waals surface area (Å²) in [5, 5.41) is 14.8. The van der Waals surface area contributed by atoms with Crippen molar-refractivity contribution in [3.8, 4) is 17.3 Å². The van der Waals surface area contributed by atoms with Gasteiger partial charge in [0.2, 0.25) is 11.8 Å². The van der Waals surface area contributed by atoms with Crippen LogP contribution in [0.15, 0.2) is 233 Å². The summed E-state index contributed by atoms with van der Waals surface area (Å²) >= 11 is 0. The number of fused-ring (bicyclic) bond motifs is 3. The zero-order valence-electron chi connectivity index (χ0n) is 39.2. The monoisotopic (exact) mass is 924 g/mol. The Morgan fingerprint density at radius 3 is 1.47 bits per heavy atom. The van der Waals surface area contributed by atoms with Crippen molar-refractivity contribution in [2.75, 3.05) is 0 Å². The highest BCUT2D eigenvalue weighted by Gasteiger charge is 2.37. The van der Waals surface area contributed by atoms with Gasteiger partial charge in [-0.15, -0.1) is 0 Å². The smallest absolute Gasteiger partial charge is 0.327 e. The van der Waals surface area contributed by atoms with Crippen LogP contribution in [0.4, 0.5) is 0 Å². The molecule has 0 bridgehead atoms. The van der Waals surface area contributed by atoms with Crippen molar-refractivity contribution < 1.29 is 8.83 Å². The lowest BCUT2D eigenvalue weighted by Gasteiger charge is -2.24. The van der Waals surface area contributed by atoms with Gasteiger partial charge in [0.1, 0.15) is 22.7 Å². The number of rotatable bonds is 11. The molecule has 0 aliphatic rings. The van der Waals surface area contributed by atoms with E-state index in [2.05, 4.69) is 166 Å². The van der Waals surface area contributed by atoms with Gasteiger partial charge in [0.15, 0.2) is 11.2 Å². The minimum absolute atomic E-state index is 0.187. The second-order valence-corrected chi connectivity index (χ2v) is 17.8. The Morgan fingerprint density at radius 2 is 0.972 bits per heavy atom. The van der Waals surface area contributed by atoms with Crippen LogP contribution in [-0.2, 0) is 6.42 Å². The number of aromatic nitrogens is 4. The topological polar surface area (TPSA) is 90.1 Å².